The third kappa shape index (κ3) is 1.81. The Morgan fingerprint density at radius 2 is 1.50 bits per heavy atom. The highest BCUT2D eigenvalue weighted by Gasteiger charge is 2.65. The Morgan fingerprint density at radius 3 is 2.00 bits per heavy atom. The highest BCUT2D eigenvalue weighted by Crippen LogP contribution is 2.63. The minimum absolute atomic E-state index is 0.480. The van der Waals surface area contributed by atoms with Gasteiger partial charge in [0.25, 0.3) is 0 Å². The van der Waals surface area contributed by atoms with Crippen molar-refractivity contribution >= 4 is 0 Å². The van der Waals surface area contributed by atoms with Crippen LogP contribution in [0.2, 0.25) is 0 Å². The van der Waals surface area contributed by atoms with Crippen molar-refractivity contribution in [3.05, 3.63) is 0 Å². The second-order valence-electron chi connectivity index (χ2n) is 7.55. The molecule has 0 aromatic rings. The van der Waals surface area contributed by atoms with Crippen LogP contribution in [-0.2, 0) is 0 Å². The first kappa shape index (κ1) is 12.4. The van der Waals surface area contributed by atoms with Crippen LogP contribution in [0, 0.1) is 22.7 Å². The lowest BCUT2D eigenvalue weighted by Crippen LogP contribution is -2.42. The van der Waals surface area contributed by atoms with E-state index in [0.29, 0.717) is 10.8 Å². The lowest BCUT2D eigenvalue weighted by molar-refractivity contribution is 0.219. The topological polar surface area (TPSA) is 12.0 Å². The van der Waals surface area contributed by atoms with Gasteiger partial charge in [-0.2, -0.15) is 0 Å². The van der Waals surface area contributed by atoms with E-state index in [4.69, 9.17) is 0 Å². The molecule has 2 fully saturated rings. The van der Waals surface area contributed by atoms with Crippen LogP contribution >= 0.6 is 0 Å². The molecule has 0 bridgehead atoms. The lowest BCUT2D eigenvalue weighted by atomic mass is 9.80. The van der Waals surface area contributed by atoms with Crippen molar-refractivity contribution in [3.8, 4) is 0 Å². The molecule has 0 aromatic carbocycles. The number of hydrogen-bond acceptors (Lipinski definition) is 1. The lowest BCUT2D eigenvalue weighted by Gasteiger charge is -2.34. The molecule has 0 heterocycles. The smallest absolute Gasteiger partial charge is 0.0183 e. The maximum atomic E-state index is 3.95. The van der Waals surface area contributed by atoms with E-state index in [0.717, 1.165) is 23.9 Å². The first-order valence-corrected chi connectivity index (χ1v) is 7.03. The molecule has 2 rings (SSSR count). The zero-order chi connectivity index (χ0) is 12.1. The van der Waals surface area contributed by atoms with Gasteiger partial charge in [0, 0.05) is 12.1 Å². The molecular formula is C15H29N. The summed E-state index contributed by atoms with van der Waals surface area (Å²) in [5, 5.41) is 3.95. The van der Waals surface area contributed by atoms with Gasteiger partial charge in [-0.25, -0.2) is 0 Å². The number of nitrogens with one attached hydrogen (secondary N) is 1. The zero-order valence-electron chi connectivity index (χ0n) is 11.9. The Hall–Kier alpha value is -0.0400. The van der Waals surface area contributed by atoms with Crippen molar-refractivity contribution in [2.24, 2.45) is 22.7 Å². The van der Waals surface area contributed by atoms with Crippen LogP contribution in [-0.4, -0.2) is 12.1 Å². The zero-order valence-corrected chi connectivity index (χ0v) is 11.9. The molecule has 1 heteroatoms. The van der Waals surface area contributed by atoms with Gasteiger partial charge in [0.1, 0.15) is 0 Å². The normalized spacial score (nSPS) is 42.0. The van der Waals surface area contributed by atoms with Crippen LogP contribution in [0.25, 0.3) is 0 Å². The van der Waals surface area contributed by atoms with Gasteiger partial charge in [0.05, 0.1) is 0 Å². The fourth-order valence-electron chi connectivity index (χ4n) is 3.59. The molecule has 0 aromatic heterocycles. The number of hydrogen-bond donors (Lipinski definition) is 1. The molecule has 0 radical (unpaired) electrons. The van der Waals surface area contributed by atoms with Gasteiger partial charge in [0.15, 0.2) is 0 Å². The van der Waals surface area contributed by atoms with Gasteiger partial charge in [-0.05, 0) is 35.5 Å². The van der Waals surface area contributed by atoms with Crippen molar-refractivity contribution in [3.63, 3.8) is 0 Å². The summed E-state index contributed by atoms with van der Waals surface area (Å²) in [7, 11) is 0. The highest BCUT2D eigenvalue weighted by molar-refractivity contribution is 5.18. The molecule has 2 saturated carbocycles. The molecule has 1 nitrogen and oxygen atoms in total. The molecule has 2 aliphatic rings. The first-order chi connectivity index (χ1) is 7.26. The molecule has 2 aliphatic carbocycles. The molecule has 94 valence electrons. The van der Waals surface area contributed by atoms with Crippen LogP contribution in [0.3, 0.4) is 0 Å². The van der Waals surface area contributed by atoms with E-state index in [2.05, 4.69) is 46.9 Å². The summed E-state index contributed by atoms with van der Waals surface area (Å²) >= 11 is 0. The van der Waals surface area contributed by atoms with Gasteiger partial charge < -0.3 is 5.32 Å². The minimum Gasteiger partial charge on any atom is -0.310 e. The van der Waals surface area contributed by atoms with Gasteiger partial charge in [-0.1, -0.05) is 48.0 Å². The second-order valence-corrected chi connectivity index (χ2v) is 7.55. The summed E-state index contributed by atoms with van der Waals surface area (Å²) in [5.74, 6) is 1.78. The Kier molecular flexibility index (Phi) is 2.89. The van der Waals surface area contributed by atoms with E-state index in [1.165, 1.54) is 19.3 Å². The Bertz CT molecular complexity index is 253. The van der Waals surface area contributed by atoms with Crippen LogP contribution in [0.5, 0.6) is 0 Å². The molecule has 0 spiro atoms. The van der Waals surface area contributed by atoms with Crippen molar-refractivity contribution in [2.45, 2.75) is 72.9 Å². The summed E-state index contributed by atoms with van der Waals surface area (Å²) in [6, 6.07) is 1.48. The summed E-state index contributed by atoms with van der Waals surface area (Å²) in [6.07, 6.45) is 4.22. The van der Waals surface area contributed by atoms with E-state index < -0.39 is 0 Å². The van der Waals surface area contributed by atoms with Gasteiger partial charge in [-0.15, -0.1) is 0 Å². The van der Waals surface area contributed by atoms with Crippen molar-refractivity contribution in [2.75, 3.05) is 0 Å². The summed E-state index contributed by atoms with van der Waals surface area (Å²) in [4.78, 5) is 0. The molecule has 16 heavy (non-hydrogen) atoms. The fourth-order valence-corrected chi connectivity index (χ4v) is 3.59. The largest absolute Gasteiger partial charge is 0.310 e. The highest BCUT2D eigenvalue weighted by atomic mass is 15.1. The van der Waals surface area contributed by atoms with Crippen molar-refractivity contribution < 1.29 is 0 Å². The third-order valence-electron chi connectivity index (χ3n) is 5.86. The van der Waals surface area contributed by atoms with E-state index in [1.54, 1.807) is 0 Å². The molecule has 3 atom stereocenters. The first-order valence-electron chi connectivity index (χ1n) is 7.03. The molecule has 1 N–H and O–H groups in total. The van der Waals surface area contributed by atoms with Crippen LogP contribution in [0.15, 0.2) is 0 Å². The standard InChI is InChI=1S/C15H29N/c1-10-7-8-11(2)12(9-10)16-13-14(3,4)15(13,5)6/h10-13,16H,7-9H2,1-6H3. The quantitative estimate of drug-likeness (QED) is 0.750. The van der Waals surface area contributed by atoms with Crippen molar-refractivity contribution in [1.29, 1.82) is 0 Å². The molecule has 3 unspecified atom stereocenters. The SMILES string of the molecule is CC1CCC(C)C(NC2C(C)(C)C2(C)C)C1. The maximum Gasteiger partial charge on any atom is 0.0183 e. The predicted molar refractivity (Wildman–Crippen MR) is 70.5 cm³/mol. The Labute approximate surface area is 101 Å². The summed E-state index contributed by atoms with van der Waals surface area (Å²) in [5.41, 5.74) is 0.959. The van der Waals surface area contributed by atoms with Crippen molar-refractivity contribution in [1.82, 2.24) is 5.32 Å². The third-order valence-corrected chi connectivity index (χ3v) is 5.86. The molecule has 0 saturated heterocycles. The molecule has 0 aliphatic heterocycles. The molecular weight excluding hydrogens is 194 g/mol. The summed E-state index contributed by atoms with van der Waals surface area (Å²) < 4.78 is 0. The monoisotopic (exact) mass is 223 g/mol. The van der Waals surface area contributed by atoms with E-state index in [-0.39, 0.29) is 0 Å². The van der Waals surface area contributed by atoms with Gasteiger partial charge >= 0.3 is 0 Å². The van der Waals surface area contributed by atoms with Gasteiger partial charge in [-0.3, -0.25) is 0 Å². The average Bonchev–Trinajstić information content (AvgIpc) is 2.54. The van der Waals surface area contributed by atoms with Crippen LogP contribution in [0.1, 0.15) is 60.8 Å². The predicted octanol–water partition coefficient (Wildman–Crippen LogP) is 3.84. The Balaban J connectivity index is 1.95. The van der Waals surface area contributed by atoms with E-state index in [9.17, 15) is 0 Å². The summed E-state index contributed by atoms with van der Waals surface area (Å²) in [6.45, 7) is 14.4. The second kappa shape index (κ2) is 3.73. The van der Waals surface area contributed by atoms with E-state index in [1.807, 2.05) is 0 Å². The Morgan fingerprint density at radius 1 is 0.938 bits per heavy atom. The van der Waals surface area contributed by atoms with Crippen LogP contribution < -0.4 is 5.32 Å². The number of rotatable bonds is 2. The maximum absolute atomic E-state index is 3.95. The van der Waals surface area contributed by atoms with Crippen LogP contribution in [0.4, 0.5) is 0 Å². The van der Waals surface area contributed by atoms with Gasteiger partial charge in [0.2, 0.25) is 0 Å². The minimum atomic E-state index is 0.480. The fraction of sp³-hybridized carbons (Fsp3) is 1.00. The molecule has 0 amide bonds. The van der Waals surface area contributed by atoms with E-state index >= 15 is 0 Å². The average molecular weight is 223 g/mol.